The highest BCUT2D eigenvalue weighted by Gasteiger charge is 2.33. The summed E-state index contributed by atoms with van der Waals surface area (Å²) in [5.74, 6) is 1.68. The van der Waals surface area contributed by atoms with E-state index in [1.165, 1.54) is 6.42 Å². The predicted octanol–water partition coefficient (Wildman–Crippen LogP) is 2.21. The van der Waals surface area contributed by atoms with Crippen molar-refractivity contribution in [1.29, 1.82) is 0 Å². The van der Waals surface area contributed by atoms with Crippen LogP contribution in [0.2, 0.25) is 0 Å². The standard InChI is InChI=1S/C14H20N2O/c1-11-8-12(11)10-16(2)14(17)9-15-13-6-4-3-5-7-13/h3-7,11-12,15H,8-10H2,1-2H3. The summed E-state index contributed by atoms with van der Waals surface area (Å²) in [4.78, 5) is 13.7. The number of likely N-dealkylation sites (N-methyl/N-ethyl adjacent to an activating group) is 1. The van der Waals surface area contributed by atoms with E-state index in [4.69, 9.17) is 0 Å². The zero-order valence-electron chi connectivity index (χ0n) is 10.5. The molecule has 1 aromatic rings. The molecular weight excluding hydrogens is 212 g/mol. The van der Waals surface area contributed by atoms with Crippen LogP contribution >= 0.6 is 0 Å². The Balaban J connectivity index is 1.73. The summed E-state index contributed by atoms with van der Waals surface area (Å²) in [6.45, 7) is 3.52. The van der Waals surface area contributed by atoms with Gasteiger partial charge in [0.05, 0.1) is 6.54 Å². The van der Waals surface area contributed by atoms with Crippen molar-refractivity contribution in [2.75, 3.05) is 25.5 Å². The van der Waals surface area contributed by atoms with Crippen molar-refractivity contribution in [3.8, 4) is 0 Å². The Morgan fingerprint density at radius 1 is 1.41 bits per heavy atom. The van der Waals surface area contributed by atoms with Crippen LogP contribution in [-0.2, 0) is 4.79 Å². The van der Waals surface area contributed by atoms with Crippen LogP contribution in [0.15, 0.2) is 30.3 Å². The van der Waals surface area contributed by atoms with Crippen LogP contribution in [-0.4, -0.2) is 30.9 Å². The molecule has 2 rings (SSSR count). The predicted molar refractivity (Wildman–Crippen MR) is 69.8 cm³/mol. The fraction of sp³-hybridized carbons (Fsp3) is 0.500. The first-order valence-corrected chi connectivity index (χ1v) is 6.19. The highest BCUT2D eigenvalue weighted by molar-refractivity contribution is 5.80. The fourth-order valence-electron chi connectivity index (χ4n) is 1.98. The van der Waals surface area contributed by atoms with Crippen molar-refractivity contribution in [2.45, 2.75) is 13.3 Å². The summed E-state index contributed by atoms with van der Waals surface area (Å²) >= 11 is 0. The Bertz CT molecular complexity index is 377. The molecule has 0 saturated heterocycles. The SMILES string of the molecule is CC1CC1CN(C)C(=O)CNc1ccccc1. The molecule has 1 aliphatic rings. The van der Waals surface area contributed by atoms with Crippen LogP contribution in [0, 0.1) is 11.8 Å². The number of hydrogen-bond acceptors (Lipinski definition) is 2. The van der Waals surface area contributed by atoms with E-state index in [0.717, 1.165) is 24.1 Å². The van der Waals surface area contributed by atoms with E-state index < -0.39 is 0 Å². The Morgan fingerprint density at radius 2 is 2.06 bits per heavy atom. The first kappa shape index (κ1) is 12.0. The second kappa shape index (κ2) is 5.21. The van der Waals surface area contributed by atoms with Gasteiger partial charge in [-0.25, -0.2) is 0 Å². The number of carbonyl (C=O) groups is 1. The summed E-state index contributed by atoms with van der Waals surface area (Å²) in [5, 5.41) is 3.14. The molecule has 17 heavy (non-hydrogen) atoms. The molecule has 0 radical (unpaired) electrons. The first-order valence-electron chi connectivity index (χ1n) is 6.19. The van der Waals surface area contributed by atoms with Crippen LogP contribution in [0.4, 0.5) is 5.69 Å². The van der Waals surface area contributed by atoms with Crippen LogP contribution < -0.4 is 5.32 Å². The van der Waals surface area contributed by atoms with Gasteiger partial charge in [0, 0.05) is 19.3 Å². The van der Waals surface area contributed by atoms with Gasteiger partial charge in [-0.1, -0.05) is 25.1 Å². The molecule has 92 valence electrons. The lowest BCUT2D eigenvalue weighted by Crippen LogP contribution is -2.33. The number of hydrogen-bond donors (Lipinski definition) is 1. The monoisotopic (exact) mass is 232 g/mol. The van der Waals surface area contributed by atoms with Gasteiger partial charge in [-0.05, 0) is 30.4 Å². The zero-order valence-corrected chi connectivity index (χ0v) is 10.5. The summed E-state index contributed by atoms with van der Waals surface area (Å²) < 4.78 is 0. The van der Waals surface area contributed by atoms with Crippen LogP contribution in [0.3, 0.4) is 0 Å². The van der Waals surface area contributed by atoms with Crippen molar-refractivity contribution in [1.82, 2.24) is 4.90 Å². The molecule has 1 aromatic carbocycles. The lowest BCUT2D eigenvalue weighted by molar-refractivity contribution is -0.128. The molecule has 1 amide bonds. The molecule has 3 heteroatoms. The molecule has 0 aliphatic heterocycles. The Kier molecular flexibility index (Phi) is 3.67. The van der Waals surface area contributed by atoms with Gasteiger partial charge in [0.1, 0.15) is 0 Å². The third kappa shape index (κ3) is 3.48. The number of nitrogens with one attached hydrogen (secondary N) is 1. The lowest BCUT2D eigenvalue weighted by Gasteiger charge is -2.17. The molecule has 0 aromatic heterocycles. The maximum Gasteiger partial charge on any atom is 0.241 e. The Morgan fingerprint density at radius 3 is 2.65 bits per heavy atom. The molecule has 1 N–H and O–H groups in total. The second-order valence-corrected chi connectivity index (χ2v) is 4.97. The van der Waals surface area contributed by atoms with E-state index in [1.807, 2.05) is 42.3 Å². The maximum atomic E-state index is 11.8. The van der Waals surface area contributed by atoms with Crippen LogP contribution in [0.1, 0.15) is 13.3 Å². The molecule has 1 aliphatic carbocycles. The van der Waals surface area contributed by atoms with E-state index in [9.17, 15) is 4.79 Å². The quantitative estimate of drug-likeness (QED) is 0.844. The third-order valence-electron chi connectivity index (χ3n) is 3.43. The van der Waals surface area contributed by atoms with Gasteiger partial charge in [-0.15, -0.1) is 0 Å². The average Bonchev–Trinajstić information content (AvgIpc) is 3.03. The van der Waals surface area contributed by atoms with Crippen molar-refractivity contribution in [2.24, 2.45) is 11.8 Å². The Hall–Kier alpha value is -1.51. The minimum absolute atomic E-state index is 0.160. The molecule has 2 unspecified atom stereocenters. The van der Waals surface area contributed by atoms with Gasteiger partial charge >= 0.3 is 0 Å². The first-order chi connectivity index (χ1) is 8.16. The minimum atomic E-state index is 0.160. The smallest absolute Gasteiger partial charge is 0.241 e. The van der Waals surface area contributed by atoms with Gasteiger partial charge in [0.15, 0.2) is 0 Å². The lowest BCUT2D eigenvalue weighted by atomic mass is 10.3. The number of amides is 1. The summed E-state index contributed by atoms with van der Waals surface area (Å²) in [6, 6.07) is 9.82. The normalized spacial score (nSPS) is 22.0. The number of nitrogens with zero attached hydrogens (tertiary/aromatic N) is 1. The van der Waals surface area contributed by atoms with E-state index in [2.05, 4.69) is 12.2 Å². The highest BCUT2D eigenvalue weighted by atomic mass is 16.2. The zero-order chi connectivity index (χ0) is 12.3. The summed E-state index contributed by atoms with van der Waals surface area (Å²) in [7, 11) is 1.89. The molecule has 1 saturated carbocycles. The summed E-state index contributed by atoms with van der Waals surface area (Å²) in [6.07, 6.45) is 1.27. The maximum absolute atomic E-state index is 11.8. The molecular formula is C14H20N2O. The molecule has 0 heterocycles. The van der Waals surface area contributed by atoms with Gasteiger partial charge in [0.25, 0.3) is 0 Å². The third-order valence-corrected chi connectivity index (χ3v) is 3.43. The van der Waals surface area contributed by atoms with Crippen molar-refractivity contribution >= 4 is 11.6 Å². The minimum Gasteiger partial charge on any atom is -0.376 e. The molecule has 0 spiro atoms. The van der Waals surface area contributed by atoms with E-state index in [-0.39, 0.29) is 5.91 Å². The van der Waals surface area contributed by atoms with Gasteiger partial charge in [-0.2, -0.15) is 0 Å². The topological polar surface area (TPSA) is 32.3 Å². The van der Waals surface area contributed by atoms with E-state index in [0.29, 0.717) is 6.54 Å². The summed E-state index contributed by atoms with van der Waals surface area (Å²) in [5.41, 5.74) is 0.994. The average molecular weight is 232 g/mol. The number of para-hydroxylation sites is 1. The van der Waals surface area contributed by atoms with Crippen molar-refractivity contribution in [3.63, 3.8) is 0 Å². The molecule has 2 atom stereocenters. The van der Waals surface area contributed by atoms with Crippen LogP contribution in [0.5, 0.6) is 0 Å². The van der Waals surface area contributed by atoms with E-state index >= 15 is 0 Å². The Labute approximate surface area is 103 Å². The van der Waals surface area contributed by atoms with Gasteiger partial charge in [-0.3, -0.25) is 4.79 Å². The molecule has 0 bridgehead atoms. The number of anilines is 1. The number of carbonyl (C=O) groups excluding carboxylic acids is 1. The molecule has 1 fully saturated rings. The van der Waals surface area contributed by atoms with E-state index in [1.54, 1.807) is 0 Å². The largest absolute Gasteiger partial charge is 0.376 e. The van der Waals surface area contributed by atoms with Crippen molar-refractivity contribution in [3.05, 3.63) is 30.3 Å². The number of benzene rings is 1. The van der Waals surface area contributed by atoms with Gasteiger partial charge < -0.3 is 10.2 Å². The van der Waals surface area contributed by atoms with Gasteiger partial charge in [0.2, 0.25) is 5.91 Å². The second-order valence-electron chi connectivity index (χ2n) is 4.97. The molecule has 3 nitrogen and oxygen atoms in total. The van der Waals surface area contributed by atoms with Crippen molar-refractivity contribution < 1.29 is 4.79 Å². The highest BCUT2D eigenvalue weighted by Crippen LogP contribution is 2.37. The number of rotatable bonds is 5. The fourth-order valence-corrected chi connectivity index (χ4v) is 1.98. The van der Waals surface area contributed by atoms with Crippen LogP contribution in [0.25, 0.3) is 0 Å².